The molecule has 1 saturated heterocycles. The quantitative estimate of drug-likeness (QED) is 0.788. The van der Waals surface area contributed by atoms with Crippen LogP contribution in [0.5, 0.6) is 0 Å². The molecule has 6 heteroatoms. The summed E-state index contributed by atoms with van der Waals surface area (Å²) in [6, 6.07) is 6.21. The minimum absolute atomic E-state index is 0.123. The van der Waals surface area contributed by atoms with Gasteiger partial charge in [0.1, 0.15) is 6.26 Å². The Morgan fingerprint density at radius 2 is 2.00 bits per heavy atom. The molecule has 0 radical (unpaired) electrons. The van der Waals surface area contributed by atoms with Gasteiger partial charge < -0.3 is 14.1 Å². The van der Waals surface area contributed by atoms with E-state index in [1.807, 2.05) is 18.7 Å². The zero-order chi connectivity index (χ0) is 18.7. The van der Waals surface area contributed by atoms with Gasteiger partial charge in [0.15, 0.2) is 11.6 Å². The summed E-state index contributed by atoms with van der Waals surface area (Å²) in [5, 5.41) is 0. The molecular formula is C20H24N2O4. The highest BCUT2D eigenvalue weighted by atomic mass is 16.5. The van der Waals surface area contributed by atoms with E-state index >= 15 is 0 Å². The van der Waals surface area contributed by atoms with Crippen LogP contribution in [0.3, 0.4) is 0 Å². The molecule has 0 bridgehead atoms. The van der Waals surface area contributed by atoms with Crippen LogP contribution in [0.15, 0.2) is 28.9 Å². The van der Waals surface area contributed by atoms with Gasteiger partial charge >= 0.3 is 5.97 Å². The number of methoxy groups -OCH3 is 1. The van der Waals surface area contributed by atoms with Crippen LogP contribution in [0.25, 0.3) is 0 Å². The second-order valence-corrected chi connectivity index (χ2v) is 6.82. The number of ether oxygens (including phenoxy) is 1. The molecule has 0 N–H and O–H groups in total. The van der Waals surface area contributed by atoms with Crippen molar-refractivity contribution in [1.82, 2.24) is 9.88 Å². The highest BCUT2D eigenvalue weighted by Crippen LogP contribution is 2.28. The fraction of sp³-hybridized carbons (Fsp3) is 0.450. The van der Waals surface area contributed by atoms with E-state index in [4.69, 9.17) is 4.42 Å². The van der Waals surface area contributed by atoms with Crippen molar-refractivity contribution in [1.29, 1.82) is 0 Å². The molecular weight excluding hydrogens is 332 g/mol. The number of hydrogen-bond donors (Lipinski definition) is 0. The number of likely N-dealkylation sites (tertiary alicyclic amines) is 1. The number of carbonyl (C=O) groups excluding carboxylic acids is 2. The number of piperidine rings is 1. The van der Waals surface area contributed by atoms with Crippen LogP contribution in [0.4, 0.5) is 0 Å². The molecule has 138 valence electrons. The zero-order valence-corrected chi connectivity index (χ0v) is 15.4. The number of carbonyl (C=O) groups is 2. The monoisotopic (exact) mass is 356 g/mol. The molecule has 1 aromatic carbocycles. The molecule has 1 aromatic heterocycles. The lowest BCUT2D eigenvalue weighted by Crippen LogP contribution is -2.39. The molecule has 2 heterocycles. The number of benzene rings is 1. The molecule has 0 aliphatic carbocycles. The number of aryl methyl sites for hydroxylation is 2. The predicted molar refractivity (Wildman–Crippen MR) is 96.0 cm³/mol. The van der Waals surface area contributed by atoms with Crippen LogP contribution in [0.1, 0.15) is 51.8 Å². The summed E-state index contributed by atoms with van der Waals surface area (Å²) < 4.78 is 10.1. The molecule has 1 aliphatic heterocycles. The SMILES string of the molecule is COC(=O)c1coc(C2CCN(C(=O)Cc3cc(C)ccc3C)CC2)n1. The number of esters is 1. The Labute approximate surface area is 153 Å². The van der Waals surface area contributed by atoms with Gasteiger partial charge in [0, 0.05) is 19.0 Å². The van der Waals surface area contributed by atoms with Crippen molar-refractivity contribution < 1.29 is 18.7 Å². The van der Waals surface area contributed by atoms with E-state index in [0.717, 1.165) is 24.0 Å². The molecule has 0 unspecified atom stereocenters. The molecule has 1 amide bonds. The summed E-state index contributed by atoms with van der Waals surface area (Å²) in [6.07, 6.45) is 3.32. The molecule has 1 fully saturated rings. The minimum atomic E-state index is -0.499. The third-order valence-electron chi connectivity index (χ3n) is 4.96. The third-order valence-corrected chi connectivity index (χ3v) is 4.96. The van der Waals surface area contributed by atoms with Crippen molar-refractivity contribution in [3.63, 3.8) is 0 Å². The summed E-state index contributed by atoms with van der Waals surface area (Å²) in [5.41, 5.74) is 3.60. The standard InChI is InChI=1S/C20H24N2O4/c1-13-4-5-14(2)16(10-13)11-18(23)22-8-6-15(7-9-22)19-21-17(12-26-19)20(24)25-3/h4-5,10,12,15H,6-9,11H2,1-3H3. The molecule has 0 atom stereocenters. The van der Waals surface area contributed by atoms with E-state index in [1.54, 1.807) is 0 Å². The Kier molecular flexibility index (Phi) is 5.40. The Hall–Kier alpha value is -2.63. The predicted octanol–water partition coefficient (Wildman–Crippen LogP) is 3.03. The largest absolute Gasteiger partial charge is 0.464 e. The number of nitrogens with zero attached hydrogens (tertiary/aromatic N) is 2. The van der Waals surface area contributed by atoms with Crippen molar-refractivity contribution in [2.45, 2.75) is 39.0 Å². The summed E-state index contributed by atoms with van der Waals surface area (Å²) >= 11 is 0. The van der Waals surface area contributed by atoms with Crippen molar-refractivity contribution in [3.8, 4) is 0 Å². The van der Waals surface area contributed by atoms with Gasteiger partial charge in [0.05, 0.1) is 13.5 Å². The number of oxazole rings is 1. The average Bonchev–Trinajstić information content (AvgIpc) is 3.14. The van der Waals surface area contributed by atoms with Gasteiger partial charge in [-0.3, -0.25) is 4.79 Å². The van der Waals surface area contributed by atoms with Gasteiger partial charge in [-0.25, -0.2) is 9.78 Å². The fourth-order valence-electron chi connectivity index (χ4n) is 3.31. The Morgan fingerprint density at radius 3 is 2.69 bits per heavy atom. The topological polar surface area (TPSA) is 72.6 Å². The highest BCUT2D eigenvalue weighted by Gasteiger charge is 2.27. The van der Waals surface area contributed by atoms with Gasteiger partial charge in [-0.05, 0) is 37.8 Å². The molecule has 0 spiro atoms. The highest BCUT2D eigenvalue weighted by molar-refractivity contribution is 5.86. The van der Waals surface area contributed by atoms with Gasteiger partial charge in [0.25, 0.3) is 0 Å². The lowest BCUT2D eigenvalue weighted by molar-refractivity contribution is -0.131. The first kappa shape index (κ1) is 18.2. The van der Waals surface area contributed by atoms with E-state index < -0.39 is 5.97 Å². The molecule has 1 aliphatic rings. The maximum atomic E-state index is 12.6. The van der Waals surface area contributed by atoms with Crippen molar-refractivity contribution >= 4 is 11.9 Å². The maximum Gasteiger partial charge on any atom is 0.360 e. The Morgan fingerprint density at radius 1 is 1.27 bits per heavy atom. The van der Waals surface area contributed by atoms with Crippen LogP contribution in [-0.2, 0) is 16.0 Å². The van der Waals surface area contributed by atoms with Gasteiger partial charge in [-0.2, -0.15) is 0 Å². The van der Waals surface area contributed by atoms with Gasteiger partial charge in [0.2, 0.25) is 5.91 Å². The van der Waals surface area contributed by atoms with Crippen LogP contribution in [0, 0.1) is 13.8 Å². The third kappa shape index (κ3) is 3.95. The second-order valence-electron chi connectivity index (χ2n) is 6.82. The first-order chi connectivity index (χ1) is 12.5. The zero-order valence-electron chi connectivity index (χ0n) is 15.4. The number of hydrogen-bond acceptors (Lipinski definition) is 5. The van der Waals surface area contributed by atoms with Crippen LogP contribution < -0.4 is 0 Å². The summed E-state index contributed by atoms with van der Waals surface area (Å²) in [7, 11) is 1.32. The lowest BCUT2D eigenvalue weighted by Gasteiger charge is -2.31. The number of rotatable bonds is 4. The Bertz CT molecular complexity index is 804. The summed E-state index contributed by atoms with van der Waals surface area (Å²) in [5.74, 6) is 0.325. The van der Waals surface area contributed by atoms with E-state index in [1.165, 1.54) is 18.9 Å². The normalized spacial score (nSPS) is 15.1. The van der Waals surface area contributed by atoms with Crippen molar-refractivity contribution in [2.75, 3.05) is 20.2 Å². The average molecular weight is 356 g/mol. The second kappa shape index (κ2) is 7.72. The van der Waals surface area contributed by atoms with Crippen LogP contribution in [-0.4, -0.2) is 42.0 Å². The number of amides is 1. The van der Waals surface area contributed by atoms with Crippen LogP contribution >= 0.6 is 0 Å². The molecule has 3 rings (SSSR count). The number of aromatic nitrogens is 1. The van der Waals surface area contributed by atoms with Crippen molar-refractivity contribution in [2.24, 2.45) is 0 Å². The van der Waals surface area contributed by atoms with E-state index in [0.29, 0.717) is 25.4 Å². The van der Waals surface area contributed by atoms with Gasteiger partial charge in [-0.15, -0.1) is 0 Å². The fourth-order valence-corrected chi connectivity index (χ4v) is 3.31. The molecule has 26 heavy (non-hydrogen) atoms. The van der Waals surface area contributed by atoms with Crippen LogP contribution in [0.2, 0.25) is 0 Å². The molecule has 6 nitrogen and oxygen atoms in total. The first-order valence-corrected chi connectivity index (χ1v) is 8.85. The lowest BCUT2D eigenvalue weighted by atomic mass is 9.95. The van der Waals surface area contributed by atoms with Gasteiger partial charge in [-0.1, -0.05) is 23.8 Å². The molecule has 0 saturated carbocycles. The van der Waals surface area contributed by atoms with Crippen molar-refractivity contribution in [3.05, 3.63) is 52.7 Å². The smallest absolute Gasteiger partial charge is 0.360 e. The minimum Gasteiger partial charge on any atom is -0.464 e. The summed E-state index contributed by atoms with van der Waals surface area (Å²) in [6.45, 7) is 5.42. The van der Waals surface area contributed by atoms with E-state index in [-0.39, 0.29) is 17.5 Å². The molecule has 2 aromatic rings. The van der Waals surface area contributed by atoms with E-state index in [2.05, 4.69) is 27.9 Å². The first-order valence-electron chi connectivity index (χ1n) is 8.85. The van der Waals surface area contributed by atoms with E-state index in [9.17, 15) is 9.59 Å². The summed E-state index contributed by atoms with van der Waals surface area (Å²) in [4.78, 5) is 30.2. The Balaban J connectivity index is 1.58. The maximum absolute atomic E-state index is 12.6.